The van der Waals surface area contributed by atoms with E-state index in [0.29, 0.717) is 18.7 Å². The molecule has 140 valence electrons. The molecule has 1 aromatic heterocycles. The van der Waals surface area contributed by atoms with Gasteiger partial charge in [-0.15, -0.1) is 11.3 Å². The quantitative estimate of drug-likeness (QED) is 0.578. The molecule has 6 heteroatoms. The molecule has 0 radical (unpaired) electrons. The standard InChI is InChI=1S/C21H22FN3OS/c1-24(2)13-14-25(15-16-7-3-4-8-17(16)22)21(26)12-11-20-23-18-9-5-6-10-19(18)27-20/h3-12H,13-15H2,1-2H3/b12-11+. The van der Waals surface area contributed by atoms with Gasteiger partial charge in [-0.05, 0) is 38.4 Å². The average Bonchev–Trinajstić information content (AvgIpc) is 3.07. The first-order valence-corrected chi connectivity index (χ1v) is 9.55. The van der Waals surface area contributed by atoms with Crippen molar-refractivity contribution < 1.29 is 9.18 Å². The van der Waals surface area contributed by atoms with Crippen molar-refractivity contribution in [3.8, 4) is 0 Å². The number of amides is 1. The number of thiazole rings is 1. The second-order valence-corrected chi connectivity index (χ2v) is 7.57. The summed E-state index contributed by atoms with van der Waals surface area (Å²) in [7, 11) is 3.89. The summed E-state index contributed by atoms with van der Waals surface area (Å²) in [6, 6.07) is 14.4. The minimum Gasteiger partial charge on any atom is -0.333 e. The van der Waals surface area contributed by atoms with E-state index in [1.807, 2.05) is 43.3 Å². The third-order valence-corrected chi connectivity index (χ3v) is 5.13. The Balaban J connectivity index is 1.75. The number of halogens is 1. The summed E-state index contributed by atoms with van der Waals surface area (Å²) in [4.78, 5) is 20.9. The van der Waals surface area contributed by atoms with Crippen molar-refractivity contribution in [1.82, 2.24) is 14.8 Å². The van der Waals surface area contributed by atoms with Crippen LogP contribution in [0.15, 0.2) is 54.6 Å². The molecule has 1 heterocycles. The first-order chi connectivity index (χ1) is 13.0. The smallest absolute Gasteiger partial charge is 0.247 e. The monoisotopic (exact) mass is 383 g/mol. The molecule has 0 saturated carbocycles. The lowest BCUT2D eigenvalue weighted by Gasteiger charge is -2.23. The zero-order valence-electron chi connectivity index (χ0n) is 15.4. The van der Waals surface area contributed by atoms with Crippen molar-refractivity contribution in [1.29, 1.82) is 0 Å². The van der Waals surface area contributed by atoms with Gasteiger partial charge < -0.3 is 9.80 Å². The molecular weight excluding hydrogens is 361 g/mol. The predicted molar refractivity (Wildman–Crippen MR) is 109 cm³/mol. The number of fused-ring (bicyclic) bond motifs is 1. The predicted octanol–water partition coefficient (Wildman–Crippen LogP) is 4.04. The molecular formula is C21H22FN3OS. The minimum atomic E-state index is -0.296. The Hall–Kier alpha value is -2.57. The molecule has 0 atom stereocenters. The number of rotatable bonds is 7. The van der Waals surface area contributed by atoms with Crippen LogP contribution in [-0.4, -0.2) is 47.9 Å². The number of aromatic nitrogens is 1. The molecule has 0 N–H and O–H groups in total. The normalized spacial score (nSPS) is 11.6. The van der Waals surface area contributed by atoms with Crippen LogP contribution >= 0.6 is 11.3 Å². The highest BCUT2D eigenvalue weighted by molar-refractivity contribution is 7.19. The highest BCUT2D eigenvalue weighted by Gasteiger charge is 2.14. The van der Waals surface area contributed by atoms with Gasteiger partial charge in [0.2, 0.25) is 5.91 Å². The van der Waals surface area contributed by atoms with Crippen molar-refractivity contribution in [2.24, 2.45) is 0 Å². The average molecular weight is 383 g/mol. The molecule has 0 bridgehead atoms. The van der Waals surface area contributed by atoms with Crippen LogP contribution in [0.1, 0.15) is 10.6 Å². The molecule has 4 nitrogen and oxygen atoms in total. The summed E-state index contributed by atoms with van der Waals surface area (Å²) in [5, 5.41) is 0.781. The van der Waals surface area contributed by atoms with Crippen molar-refractivity contribution in [2.75, 3.05) is 27.2 Å². The minimum absolute atomic E-state index is 0.153. The highest BCUT2D eigenvalue weighted by atomic mass is 32.1. The van der Waals surface area contributed by atoms with E-state index in [9.17, 15) is 9.18 Å². The Morgan fingerprint density at radius 1 is 1.11 bits per heavy atom. The number of carbonyl (C=O) groups is 1. The van der Waals surface area contributed by atoms with Crippen molar-refractivity contribution in [2.45, 2.75) is 6.54 Å². The number of hydrogen-bond donors (Lipinski definition) is 0. The maximum Gasteiger partial charge on any atom is 0.247 e. The summed E-state index contributed by atoms with van der Waals surface area (Å²) in [6.45, 7) is 1.46. The Kier molecular flexibility index (Phi) is 6.32. The molecule has 0 spiro atoms. The zero-order valence-corrected chi connectivity index (χ0v) is 16.2. The summed E-state index contributed by atoms with van der Waals surface area (Å²) in [5.41, 5.74) is 1.43. The summed E-state index contributed by atoms with van der Waals surface area (Å²) >= 11 is 1.54. The lowest BCUT2D eigenvalue weighted by molar-refractivity contribution is -0.126. The van der Waals surface area contributed by atoms with Gasteiger partial charge in [-0.3, -0.25) is 4.79 Å². The fourth-order valence-electron chi connectivity index (χ4n) is 2.63. The molecule has 3 aromatic rings. The molecule has 1 amide bonds. The molecule has 0 aliphatic carbocycles. The van der Waals surface area contributed by atoms with Crippen LogP contribution in [0.3, 0.4) is 0 Å². The van der Waals surface area contributed by atoms with Crippen molar-refractivity contribution >= 4 is 33.5 Å². The zero-order chi connectivity index (χ0) is 19.2. The number of hydrogen-bond acceptors (Lipinski definition) is 4. The number of likely N-dealkylation sites (N-methyl/N-ethyl adjacent to an activating group) is 1. The Morgan fingerprint density at radius 2 is 1.85 bits per heavy atom. The van der Waals surface area contributed by atoms with E-state index in [2.05, 4.69) is 4.98 Å². The largest absolute Gasteiger partial charge is 0.333 e. The Bertz CT molecular complexity index is 918. The van der Waals surface area contributed by atoms with Crippen LogP contribution in [0.4, 0.5) is 4.39 Å². The lowest BCUT2D eigenvalue weighted by Crippen LogP contribution is -2.35. The van der Waals surface area contributed by atoms with Crippen LogP contribution < -0.4 is 0 Å². The van der Waals surface area contributed by atoms with Gasteiger partial charge in [0.05, 0.1) is 10.2 Å². The third-order valence-electron chi connectivity index (χ3n) is 4.13. The van der Waals surface area contributed by atoms with E-state index in [1.165, 1.54) is 23.5 Å². The van der Waals surface area contributed by atoms with Gasteiger partial charge in [0.1, 0.15) is 10.8 Å². The number of carbonyl (C=O) groups excluding carboxylic acids is 1. The molecule has 0 aliphatic heterocycles. The fraction of sp³-hybridized carbons (Fsp3) is 0.238. The van der Waals surface area contributed by atoms with E-state index in [0.717, 1.165) is 15.2 Å². The van der Waals surface area contributed by atoms with E-state index in [4.69, 9.17) is 0 Å². The van der Waals surface area contributed by atoms with Crippen LogP contribution in [0.5, 0.6) is 0 Å². The van der Waals surface area contributed by atoms with Gasteiger partial charge in [-0.1, -0.05) is 30.3 Å². The van der Waals surface area contributed by atoms with Gasteiger partial charge in [0, 0.05) is 31.3 Å². The second-order valence-electron chi connectivity index (χ2n) is 6.51. The molecule has 2 aromatic carbocycles. The Labute approximate surface area is 162 Å². The van der Waals surface area contributed by atoms with Crippen LogP contribution in [0.2, 0.25) is 0 Å². The first kappa shape index (κ1) is 19.2. The second kappa shape index (κ2) is 8.88. The molecule has 0 saturated heterocycles. The molecule has 27 heavy (non-hydrogen) atoms. The lowest BCUT2D eigenvalue weighted by atomic mass is 10.2. The van der Waals surface area contributed by atoms with Crippen LogP contribution in [0, 0.1) is 5.82 Å². The maximum atomic E-state index is 14.0. The maximum absolute atomic E-state index is 14.0. The third kappa shape index (κ3) is 5.21. The topological polar surface area (TPSA) is 36.4 Å². The van der Waals surface area contributed by atoms with Gasteiger partial charge in [0.15, 0.2) is 0 Å². The number of nitrogens with zero attached hydrogens (tertiary/aromatic N) is 3. The van der Waals surface area contributed by atoms with Gasteiger partial charge >= 0.3 is 0 Å². The van der Waals surface area contributed by atoms with Crippen LogP contribution in [0.25, 0.3) is 16.3 Å². The molecule has 0 fully saturated rings. The summed E-state index contributed by atoms with van der Waals surface area (Å²) < 4.78 is 15.1. The fourth-order valence-corrected chi connectivity index (χ4v) is 3.50. The van der Waals surface area contributed by atoms with E-state index < -0.39 is 0 Å². The van der Waals surface area contributed by atoms with Crippen molar-refractivity contribution in [3.05, 3.63) is 71.0 Å². The summed E-state index contributed by atoms with van der Waals surface area (Å²) in [5.74, 6) is -0.449. The van der Waals surface area contributed by atoms with E-state index in [-0.39, 0.29) is 18.3 Å². The van der Waals surface area contributed by atoms with Crippen LogP contribution in [-0.2, 0) is 11.3 Å². The van der Waals surface area contributed by atoms with E-state index >= 15 is 0 Å². The van der Waals surface area contributed by atoms with Gasteiger partial charge in [0.25, 0.3) is 0 Å². The van der Waals surface area contributed by atoms with Crippen molar-refractivity contribution in [3.63, 3.8) is 0 Å². The highest BCUT2D eigenvalue weighted by Crippen LogP contribution is 2.22. The van der Waals surface area contributed by atoms with Gasteiger partial charge in [-0.2, -0.15) is 0 Å². The Morgan fingerprint density at radius 3 is 2.59 bits per heavy atom. The molecule has 0 aliphatic rings. The molecule has 3 rings (SSSR count). The summed E-state index contributed by atoms with van der Waals surface area (Å²) in [6.07, 6.45) is 3.26. The number of benzene rings is 2. The molecule has 0 unspecified atom stereocenters. The number of para-hydroxylation sites is 1. The first-order valence-electron chi connectivity index (χ1n) is 8.73. The van der Waals surface area contributed by atoms with E-state index in [1.54, 1.807) is 29.2 Å². The SMILES string of the molecule is CN(C)CCN(Cc1ccccc1F)C(=O)/C=C/c1nc2ccccc2s1. The van der Waals surface area contributed by atoms with Gasteiger partial charge in [-0.25, -0.2) is 9.37 Å².